The van der Waals surface area contributed by atoms with Gasteiger partial charge in [-0.3, -0.25) is 0 Å². The minimum absolute atomic E-state index is 0.0764. The number of halogens is 2. The van der Waals surface area contributed by atoms with E-state index in [2.05, 4.69) is 9.97 Å². The zero-order valence-electron chi connectivity index (χ0n) is 15.8. The molecule has 0 amide bonds. The summed E-state index contributed by atoms with van der Waals surface area (Å²) < 4.78 is 24.9. The number of hydrogen-bond acceptors (Lipinski definition) is 6. The number of pyridine rings is 1. The van der Waals surface area contributed by atoms with Crippen LogP contribution < -0.4 is 4.74 Å². The summed E-state index contributed by atoms with van der Waals surface area (Å²) in [5, 5.41) is 10.6. The highest BCUT2D eigenvalue weighted by Gasteiger charge is 2.18. The Balaban J connectivity index is 1.59. The fourth-order valence-corrected chi connectivity index (χ4v) is 3.47. The van der Waals surface area contributed by atoms with Crippen LogP contribution >= 0.6 is 23.4 Å². The first-order valence-corrected chi connectivity index (χ1v) is 10.2. The van der Waals surface area contributed by atoms with Gasteiger partial charge in [0.1, 0.15) is 28.9 Å². The number of ether oxygens (including phenoxy) is 1. The molecule has 0 bridgehead atoms. The lowest BCUT2D eigenvalue weighted by Crippen LogP contribution is -1.99. The molecule has 4 rings (SSSR count). The summed E-state index contributed by atoms with van der Waals surface area (Å²) in [6.07, 6.45) is 1.53. The summed E-state index contributed by atoms with van der Waals surface area (Å²) in [7, 11) is 0. The first kappa shape index (κ1) is 20.9. The van der Waals surface area contributed by atoms with Gasteiger partial charge in [-0.05, 0) is 72.4 Å². The van der Waals surface area contributed by atoms with Crippen molar-refractivity contribution in [3.05, 3.63) is 89.0 Å². The normalized spacial score (nSPS) is 10.8. The van der Waals surface area contributed by atoms with Crippen LogP contribution in [0.5, 0.6) is 5.75 Å². The van der Waals surface area contributed by atoms with Crippen molar-refractivity contribution in [2.75, 3.05) is 0 Å². The van der Waals surface area contributed by atoms with Gasteiger partial charge in [-0.1, -0.05) is 11.6 Å². The van der Waals surface area contributed by atoms with E-state index >= 15 is 0 Å². The Bertz CT molecular complexity index is 1200. The summed E-state index contributed by atoms with van der Waals surface area (Å²) in [5.74, 6) is -0.571. The molecule has 0 spiro atoms. The first-order chi connectivity index (χ1) is 15.0. The monoisotopic (exact) mass is 456 g/mol. The van der Waals surface area contributed by atoms with Gasteiger partial charge in [-0.15, -0.1) is 0 Å². The summed E-state index contributed by atoms with van der Waals surface area (Å²) in [4.78, 5) is 19.7. The van der Waals surface area contributed by atoms with Crippen LogP contribution in [0.1, 0.15) is 16.1 Å². The molecule has 0 aliphatic rings. The topological polar surface area (TPSA) is 85.5 Å². The molecule has 9 heteroatoms. The second-order valence-corrected chi connectivity index (χ2v) is 7.72. The highest BCUT2D eigenvalue weighted by molar-refractivity contribution is 7.99. The first-order valence-electron chi connectivity index (χ1n) is 8.99. The van der Waals surface area contributed by atoms with Gasteiger partial charge in [0.05, 0.1) is 10.6 Å². The van der Waals surface area contributed by atoms with E-state index in [1.807, 2.05) is 0 Å². The quantitative estimate of drug-likeness (QED) is 0.367. The van der Waals surface area contributed by atoms with Crippen molar-refractivity contribution < 1.29 is 23.4 Å². The lowest BCUT2D eigenvalue weighted by Gasteiger charge is -2.05. The lowest BCUT2D eigenvalue weighted by molar-refractivity contribution is 0.0697. The molecule has 6 nitrogen and oxygen atoms in total. The maximum Gasteiger partial charge on any atom is 0.335 e. The standard InChI is InChI=1S/C22H14ClFN2O4S/c23-15-5-10-19(25-11-15)31-22-18(12-29-17-8-3-14(4-9-17)21(27)28)26-20(30-22)13-1-6-16(24)7-2-13/h1-11H,12H2,(H,27,28). The Morgan fingerprint density at radius 2 is 1.84 bits per heavy atom. The summed E-state index contributed by atoms with van der Waals surface area (Å²) in [5.41, 5.74) is 1.30. The van der Waals surface area contributed by atoms with Crippen molar-refractivity contribution in [1.29, 1.82) is 0 Å². The molecule has 0 unspecified atom stereocenters. The van der Waals surface area contributed by atoms with Gasteiger partial charge < -0.3 is 14.3 Å². The van der Waals surface area contributed by atoms with E-state index in [0.717, 1.165) is 0 Å². The van der Waals surface area contributed by atoms with Crippen LogP contribution in [-0.4, -0.2) is 21.0 Å². The van der Waals surface area contributed by atoms with Gasteiger partial charge in [0.2, 0.25) is 5.89 Å². The molecule has 4 aromatic rings. The number of aromatic nitrogens is 2. The van der Waals surface area contributed by atoms with Crippen LogP contribution in [0.15, 0.2) is 81.4 Å². The van der Waals surface area contributed by atoms with Gasteiger partial charge in [0.15, 0.2) is 5.09 Å². The molecule has 2 aromatic carbocycles. The number of rotatable bonds is 7. The van der Waals surface area contributed by atoms with Crippen LogP contribution in [0.3, 0.4) is 0 Å². The zero-order valence-corrected chi connectivity index (χ0v) is 17.4. The minimum Gasteiger partial charge on any atom is -0.487 e. The number of benzene rings is 2. The van der Waals surface area contributed by atoms with E-state index < -0.39 is 5.97 Å². The summed E-state index contributed by atoms with van der Waals surface area (Å²) in [6.45, 7) is 0.0764. The number of oxazole rings is 1. The highest BCUT2D eigenvalue weighted by Crippen LogP contribution is 2.34. The Hall–Kier alpha value is -3.36. The summed E-state index contributed by atoms with van der Waals surface area (Å²) >= 11 is 7.15. The minimum atomic E-state index is -1.01. The van der Waals surface area contributed by atoms with Crippen molar-refractivity contribution in [2.24, 2.45) is 0 Å². The largest absolute Gasteiger partial charge is 0.487 e. The Labute approximate surface area is 185 Å². The maximum atomic E-state index is 13.3. The smallest absolute Gasteiger partial charge is 0.335 e. The third kappa shape index (κ3) is 5.22. The van der Waals surface area contributed by atoms with Crippen molar-refractivity contribution in [2.45, 2.75) is 16.7 Å². The van der Waals surface area contributed by atoms with Crippen LogP contribution in [0.2, 0.25) is 5.02 Å². The Kier molecular flexibility index (Phi) is 6.20. The van der Waals surface area contributed by atoms with Crippen molar-refractivity contribution in [1.82, 2.24) is 9.97 Å². The van der Waals surface area contributed by atoms with Crippen LogP contribution in [0.4, 0.5) is 4.39 Å². The molecule has 2 aromatic heterocycles. The molecule has 31 heavy (non-hydrogen) atoms. The molecule has 0 saturated heterocycles. The van der Waals surface area contributed by atoms with Crippen molar-refractivity contribution in [3.63, 3.8) is 0 Å². The Morgan fingerprint density at radius 1 is 1.10 bits per heavy atom. The average Bonchev–Trinajstić information content (AvgIpc) is 3.17. The zero-order chi connectivity index (χ0) is 21.8. The fourth-order valence-electron chi connectivity index (χ4n) is 2.59. The predicted molar refractivity (Wildman–Crippen MR) is 113 cm³/mol. The SMILES string of the molecule is O=C(O)c1ccc(OCc2nc(-c3ccc(F)cc3)oc2Sc2ccc(Cl)cn2)cc1. The van der Waals surface area contributed by atoms with Crippen LogP contribution in [0, 0.1) is 5.82 Å². The average molecular weight is 457 g/mol. The van der Waals surface area contributed by atoms with Crippen molar-refractivity contribution in [3.8, 4) is 17.2 Å². The van der Waals surface area contributed by atoms with Gasteiger partial charge >= 0.3 is 5.97 Å². The maximum absolute atomic E-state index is 13.3. The third-order valence-electron chi connectivity index (χ3n) is 4.13. The highest BCUT2D eigenvalue weighted by atomic mass is 35.5. The van der Waals surface area contributed by atoms with Crippen LogP contribution in [0.25, 0.3) is 11.5 Å². The second-order valence-electron chi connectivity index (χ2n) is 6.29. The lowest BCUT2D eigenvalue weighted by atomic mass is 10.2. The summed E-state index contributed by atoms with van der Waals surface area (Å²) in [6, 6.07) is 15.3. The number of carbonyl (C=O) groups is 1. The van der Waals surface area contributed by atoms with E-state index in [-0.39, 0.29) is 18.0 Å². The number of carboxylic acids is 1. The molecule has 0 aliphatic heterocycles. The molecule has 0 radical (unpaired) electrons. The third-order valence-corrected chi connectivity index (χ3v) is 5.31. The van der Waals surface area contributed by atoms with Crippen molar-refractivity contribution >= 4 is 29.3 Å². The van der Waals surface area contributed by atoms with E-state index in [0.29, 0.717) is 38.0 Å². The molecule has 0 atom stereocenters. The van der Waals surface area contributed by atoms with Crippen LogP contribution in [-0.2, 0) is 6.61 Å². The molecular weight excluding hydrogens is 443 g/mol. The molecule has 1 N–H and O–H groups in total. The molecule has 0 aliphatic carbocycles. The van der Waals surface area contributed by atoms with Gasteiger partial charge in [0.25, 0.3) is 0 Å². The molecule has 0 fully saturated rings. The van der Waals surface area contributed by atoms with E-state index in [1.54, 1.807) is 36.4 Å². The number of hydrogen-bond donors (Lipinski definition) is 1. The second kappa shape index (κ2) is 9.20. The van der Waals surface area contributed by atoms with Gasteiger partial charge in [-0.25, -0.2) is 19.2 Å². The van der Waals surface area contributed by atoms with E-state index in [1.165, 1.54) is 42.2 Å². The Morgan fingerprint density at radius 3 is 2.48 bits per heavy atom. The predicted octanol–water partition coefficient (Wildman–Crippen LogP) is 5.96. The van der Waals surface area contributed by atoms with E-state index in [9.17, 15) is 9.18 Å². The molecule has 156 valence electrons. The number of aromatic carboxylic acids is 1. The number of nitrogens with zero attached hydrogens (tertiary/aromatic N) is 2. The molecule has 0 saturated carbocycles. The fraction of sp³-hybridized carbons (Fsp3) is 0.0455. The molecular formula is C22H14ClFN2O4S. The molecule has 2 heterocycles. The number of carboxylic acid groups (broad SMARTS) is 1. The van der Waals surface area contributed by atoms with Gasteiger partial charge in [0, 0.05) is 11.8 Å². The van der Waals surface area contributed by atoms with Gasteiger partial charge in [-0.2, -0.15) is 0 Å². The van der Waals surface area contributed by atoms with E-state index in [4.69, 9.17) is 25.9 Å².